The third kappa shape index (κ3) is 2.94. The van der Waals surface area contributed by atoms with Crippen LogP contribution in [0.1, 0.15) is 12.5 Å². The van der Waals surface area contributed by atoms with Gasteiger partial charge in [0.15, 0.2) is 0 Å². The van der Waals surface area contributed by atoms with Crippen molar-refractivity contribution in [2.45, 2.75) is 19.5 Å². The Bertz CT molecular complexity index is 284. The normalized spacial score (nSPS) is 12.9. The lowest BCUT2D eigenvalue weighted by Crippen LogP contribution is -2.32. The summed E-state index contributed by atoms with van der Waals surface area (Å²) >= 11 is 5.84. The summed E-state index contributed by atoms with van der Waals surface area (Å²) in [5.41, 5.74) is 5.92. The van der Waals surface area contributed by atoms with Crippen molar-refractivity contribution in [1.82, 2.24) is 5.32 Å². The summed E-state index contributed by atoms with van der Waals surface area (Å²) in [6.45, 7) is 2.87. The lowest BCUT2D eigenvalue weighted by molar-refractivity contribution is 0.533. The SMILES string of the molecule is C[C@H](CN)NCc1c(F)cccc1Cl. The third-order valence-electron chi connectivity index (χ3n) is 2.04. The average molecular weight is 217 g/mol. The molecule has 0 aliphatic carbocycles. The Morgan fingerprint density at radius 1 is 1.57 bits per heavy atom. The van der Waals surface area contributed by atoms with Crippen LogP contribution in [-0.4, -0.2) is 12.6 Å². The molecule has 2 nitrogen and oxygen atoms in total. The van der Waals surface area contributed by atoms with Gasteiger partial charge in [0.25, 0.3) is 0 Å². The van der Waals surface area contributed by atoms with Crippen LogP contribution in [0, 0.1) is 5.82 Å². The first-order valence-corrected chi connectivity index (χ1v) is 4.89. The van der Waals surface area contributed by atoms with Crippen molar-refractivity contribution < 1.29 is 4.39 Å². The molecule has 1 rings (SSSR count). The van der Waals surface area contributed by atoms with Crippen LogP contribution in [0.2, 0.25) is 5.02 Å². The molecule has 0 radical (unpaired) electrons. The van der Waals surface area contributed by atoms with Gasteiger partial charge in [0, 0.05) is 29.7 Å². The van der Waals surface area contributed by atoms with E-state index >= 15 is 0 Å². The van der Waals surface area contributed by atoms with E-state index in [0.29, 0.717) is 23.7 Å². The van der Waals surface area contributed by atoms with Crippen molar-refractivity contribution in [3.63, 3.8) is 0 Å². The van der Waals surface area contributed by atoms with Crippen LogP contribution >= 0.6 is 11.6 Å². The number of hydrogen-bond acceptors (Lipinski definition) is 2. The lowest BCUT2D eigenvalue weighted by atomic mass is 10.2. The van der Waals surface area contributed by atoms with Crippen LogP contribution in [0.3, 0.4) is 0 Å². The number of nitrogens with one attached hydrogen (secondary N) is 1. The zero-order chi connectivity index (χ0) is 10.6. The topological polar surface area (TPSA) is 38.0 Å². The molecule has 0 aromatic heterocycles. The maximum absolute atomic E-state index is 13.2. The summed E-state index contributed by atoms with van der Waals surface area (Å²) in [6.07, 6.45) is 0. The molecule has 0 heterocycles. The summed E-state index contributed by atoms with van der Waals surface area (Å²) in [5.74, 6) is -0.283. The van der Waals surface area contributed by atoms with E-state index in [-0.39, 0.29) is 11.9 Å². The molecule has 0 amide bonds. The summed E-state index contributed by atoms with van der Waals surface area (Å²) in [7, 11) is 0. The van der Waals surface area contributed by atoms with Crippen LogP contribution in [-0.2, 0) is 6.54 Å². The van der Waals surface area contributed by atoms with E-state index in [1.54, 1.807) is 12.1 Å². The van der Waals surface area contributed by atoms with Crippen molar-refractivity contribution in [2.24, 2.45) is 5.73 Å². The highest BCUT2D eigenvalue weighted by atomic mass is 35.5. The van der Waals surface area contributed by atoms with E-state index in [4.69, 9.17) is 17.3 Å². The van der Waals surface area contributed by atoms with Gasteiger partial charge in [0.05, 0.1) is 0 Å². The van der Waals surface area contributed by atoms with Crippen LogP contribution in [0.15, 0.2) is 18.2 Å². The number of rotatable bonds is 4. The second kappa shape index (κ2) is 5.29. The second-order valence-corrected chi connectivity index (χ2v) is 3.63. The smallest absolute Gasteiger partial charge is 0.129 e. The summed E-state index contributed by atoms with van der Waals surface area (Å²) in [4.78, 5) is 0. The van der Waals surface area contributed by atoms with Gasteiger partial charge in [0.1, 0.15) is 5.82 Å². The van der Waals surface area contributed by atoms with Crippen molar-refractivity contribution in [2.75, 3.05) is 6.54 Å². The predicted molar refractivity (Wildman–Crippen MR) is 56.8 cm³/mol. The van der Waals surface area contributed by atoms with Gasteiger partial charge in [-0.2, -0.15) is 0 Å². The molecule has 1 aromatic rings. The Morgan fingerprint density at radius 3 is 2.86 bits per heavy atom. The third-order valence-corrected chi connectivity index (χ3v) is 2.40. The monoisotopic (exact) mass is 216 g/mol. The Kier molecular flexibility index (Phi) is 4.32. The molecule has 0 aliphatic heterocycles. The Balaban J connectivity index is 2.66. The maximum atomic E-state index is 13.2. The van der Waals surface area contributed by atoms with E-state index < -0.39 is 0 Å². The van der Waals surface area contributed by atoms with E-state index in [0.717, 1.165) is 0 Å². The standard InChI is InChI=1S/C10H14ClFN2/c1-7(5-13)14-6-8-9(11)3-2-4-10(8)12/h2-4,7,14H,5-6,13H2,1H3/t7-/m1/s1. The molecular weight excluding hydrogens is 203 g/mol. The Morgan fingerprint density at radius 2 is 2.29 bits per heavy atom. The molecule has 1 atom stereocenters. The first kappa shape index (κ1) is 11.4. The van der Waals surface area contributed by atoms with Crippen molar-refractivity contribution in [3.8, 4) is 0 Å². The number of benzene rings is 1. The highest BCUT2D eigenvalue weighted by molar-refractivity contribution is 6.31. The molecule has 78 valence electrons. The molecule has 0 aliphatic rings. The first-order chi connectivity index (χ1) is 6.65. The van der Waals surface area contributed by atoms with Crippen molar-refractivity contribution in [3.05, 3.63) is 34.6 Å². The van der Waals surface area contributed by atoms with Gasteiger partial charge in [-0.05, 0) is 19.1 Å². The van der Waals surface area contributed by atoms with Crippen LogP contribution < -0.4 is 11.1 Å². The summed E-state index contributed by atoms with van der Waals surface area (Å²) in [6, 6.07) is 4.82. The highest BCUT2D eigenvalue weighted by Gasteiger charge is 2.07. The van der Waals surface area contributed by atoms with Crippen LogP contribution in [0.25, 0.3) is 0 Å². The van der Waals surface area contributed by atoms with Crippen molar-refractivity contribution >= 4 is 11.6 Å². The zero-order valence-corrected chi connectivity index (χ0v) is 8.81. The maximum Gasteiger partial charge on any atom is 0.129 e. The Hall–Kier alpha value is -0.640. The highest BCUT2D eigenvalue weighted by Crippen LogP contribution is 2.18. The molecule has 4 heteroatoms. The van der Waals surface area contributed by atoms with E-state index in [2.05, 4.69) is 5.32 Å². The molecule has 0 spiro atoms. The minimum Gasteiger partial charge on any atom is -0.329 e. The number of halogens is 2. The summed E-state index contributed by atoms with van der Waals surface area (Å²) in [5, 5.41) is 3.53. The van der Waals surface area contributed by atoms with Crippen molar-refractivity contribution in [1.29, 1.82) is 0 Å². The van der Waals surface area contributed by atoms with Crippen LogP contribution in [0.5, 0.6) is 0 Å². The molecule has 1 aromatic carbocycles. The molecule has 3 N–H and O–H groups in total. The lowest BCUT2D eigenvalue weighted by Gasteiger charge is -2.12. The van der Waals surface area contributed by atoms with E-state index in [1.165, 1.54) is 6.07 Å². The molecule has 0 saturated heterocycles. The first-order valence-electron chi connectivity index (χ1n) is 4.51. The molecule has 0 saturated carbocycles. The quantitative estimate of drug-likeness (QED) is 0.807. The van der Waals surface area contributed by atoms with E-state index in [9.17, 15) is 4.39 Å². The average Bonchev–Trinajstić information content (AvgIpc) is 2.16. The van der Waals surface area contributed by atoms with Gasteiger partial charge >= 0.3 is 0 Å². The van der Waals surface area contributed by atoms with Crippen LogP contribution in [0.4, 0.5) is 4.39 Å². The van der Waals surface area contributed by atoms with Gasteiger partial charge in [-0.3, -0.25) is 0 Å². The molecule has 14 heavy (non-hydrogen) atoms. The minimum atomic E-state index is -0.283. The second-order valence-electron chi connectivity index (χ2n) is 3.22. The molecule has 0 bridgehead atoms. The largest absolute Gasteiger partial charge is 0.329 e. The van der Waals surface area contributed by atoms with Gasteiger partial charge in [-0.1, -0.05) is 17.7 Å². The Labute approximate surface area is 88.2 Å². The minimum absolute atomic E-state index is 0.158. The fourth-order valence-electron chi connectivity index (χ4n) is 1.06. The van der Waals surface area contributed by atoms with Gasteiger partial charge in [-0.25, -0.2) is 4.39 Å². The van der Waals surface area contributed by atoms with Gasteiger partial charge in [0.2, 0.25) is 0 Å². The summed E-state index contributed by atoms with van der Waals surface area (Å²) < 4.78 is 13.2. The fraction of sp³-hybridized carbons (Fsp3) is 0.400. The fourth-order valence-corrected chi connectivity index (χ4v) is 1.29. The number of hydrogen-bond donors (Lipinski definition) is 2. The predicted octanol–water partition coefficient (Wildman–Crippen LogP) is 1.92. The molecular formula is C10H14ClFN2. The molecule has 0 fully saturated rings. The zero-order valence-electron chi connectivity index (χ0n) is 8.06. The molecule has 0 unspecified atom stereocenters. The van der Waals surface area contributed by atoms with E-state index in [1.807, 2.05) is 6.92 Å². The van der Waals surface area contributed by atoms with Gasteiger partial charge < -0.3 is 11.1 Å². The van der Waals surface area contributed by atoms with Gasteiger partial charge in [-0.15, -0.1) is 0 Å². The number of nitrogens with two attached hydrogens (primary N) is 1.